The molecule has 0 saturated carbocycles. The van der Waals surface area contributed by atoms with E-state index in [1.807, 2.05) is 0 Å². The summed E-state index contributed by atoms with van der Waals surface area (Å²) in [5.41, 5.74) is 0.884. The van der Waals surface area contributed by atoms with Crippen molar-refractivity contribution in [3.05, 3.63) is 64.7 Å². The first-order chi connectivity index (χ1) is 11.2. The molecule has 126 valence electrons. The average molecular weight is 336 g/mol. The van der Waals surface area contributed by atoms with Crippen LogP contribution in [-0.4, -0.2) is 18.9 Å². The molecular formula is C17H15F3N2O2. The van der Waals surface area contributed by atoms with Gasteiger partial charge in [-0.05, 0) is 55.0 Å². The third kappa shape index (κ3) is 3.92. The van der Waals surface area contributed by atoms with Crippen molar-refractivity contribution in [2.75, 3.05) is 12.4 Å². The van der Waals surface area contributed by atoms with Crippen molar-refractivity contribution in [1.82, 2.24) is 5.32 Å². The topological polar surface area (TPSA) is 58.2 Å². The van der Waals surface area contributed by atoms with Crippen molar-refractivity contribution in [2.45, 2.75) is 13.1 Å². The maximum Gasteiger partial charge on any atom is 0.416 e. The van der Waals surface area contributed by atoms with Crippen LogP contribution < -0.4 is 10.6 Å². The van der Waals surface area contributed by atoms with Crippen molar-refractivity contribution in [3.63, 3.8) is 0 Å². The van der Waals surface area contributed by atoms with Gasteiger partial charge in [0.2, 0.25) is 0 Å². The third-order valence-corrected chi connectivity index (χ3v) is 3.44. The first-order valence-electron chi connectivity index (χ1n) is 7.03. The van der Waals surface area contributed by atoms with E-state index >= 15 is 0 Å². The first kappa shape index (κ1) is 17.5. The van der Waals surface area contributed by atoms with Crippen LogP contribution in [0.4, 0.5) is 18.9 Å². The number of hydrogen-bond acceptors (Lipinski definition) is 2. The van der Waals surface area contributed by atoms with E-state index < -0.39 is 17.6 Å². The van der Waals surface area contributed by atoms with Crippen molar-refractivity contribution >= 4 is 17.5 Å². The van der Waals surface area contributed by atoms with Gasteiger partial charge in [0, 0.05) is 23.9 Å². The molecule has 0 saturated heterocycles. The Labute approximate surface area is 136 Å². The summed E-state index contributed by atoms with van der Waals surface area (Å²) in [5, 5.41) is 5.11. The summed E-state index contributed by atoms with van der Waals surface area (Å²) in [4.78, 5) is 23.7. The van der Waals surface area contributed by atoms with Gasteiger partial charge in [-0.25, -0.2) is 0 Å². The SMILES string of the molecule is CNC(=O)c1ccc(NC(=O)c2ccc(C(F)(F)F)cc2)c(C)c1. The number of carbonyl (C=O) groups excluding carboxylic acids is 2. The molecule has 24 heavy (non-hydrogen) atoms. The number of aryl methyl sites for hydroxylation is 1. The van der Waals surface area contributed by atoms with E-state index in [0.717, 1.165) is 24.3 Å². The van der Waals surface area contributed by atoms with E-state index in [1.165, 1.54) is 7.05 Å². The Bertz CT molecular complexity index is 768. The van der Waals surface area contributed by atoms with Gasteiger partial charge in [-0.2, -0.15) is 13.2 Å². The number of alkyl halides is 3. The number of anilines is 1. The summed E-state index contributed by atoms with van der Waals surface area (Å²) in [5.74, 6) is -0.779. The molecule has 0 bridgehead atoms. The standard InChI is InChI=1S/C17H15F3N2O2/c1-10-9-12(15(23)21-2)5-8-14(10)22-16(24)11-3-6-13(7-4-11)17(18,19)20/h3-9H,1-2H3,(H,21,23)(H,22,24). The molecule has 0 aliphatic carbocycles. The summed E-state index contributed by atoms with van der Waals surface area (Å²) in [6.07, 6.45) is -4.44. The Kier molecular flexibility index (Phi) is 4.92. The largest absolute Gasteiger partial charge is 0.416 e. The summed E-state index contributed by atoms with van der Waals surface area (Å²) in [6.45, 7) is 1.72. The highest BCUT2D eigenvalue weighted by Gasteiger charge is 2.30. The van der Waals surface area contributed by atoms with Gasteiger partial charge >= 0.3 is 6.18 Å². The fraction of sp³-hybridized carbons (Fsp3) is 0.176. The third-order valence-electron chi connectivity index (χ3n) is 3.44. The number of halogens is 3. The molecule has 2 N–H and O–H groups in total. The molecule has 0 unspecified atom stereocenters. The highest BCUT2D eigenvalue weighted by molar-refractivity contribution is 6.05. The zero-order chi connectivity index (χ0) is 17.9. The molecule has 2 rings (SSSR count). The van der Waals surface area contributed by atoms with Crippen molar-refractivity contribution < 1.29 is 22.8 Å². The zero-order valence-electron chi connectivity index (χ0n) is 13.0. The monoisotopic (exact) mass is 336 g/mol. The van der Waals surface area contributed by atoms with E-state index in [0.29, 0.717) is 16.8 Å². The average Bonchev–Trinajstić information content (AvgIpc) is 2.55. The lowest BCUT2D eigenvalue weighted by Gasteiger charge is -2.11. The predicted octanol–water partition coefficient (Wildman–Crippen LogP) is 3.63. The van der Waals surface area contributed by atoms with Crippen LogP contribution in [0.25, 0.3) is 0 Å². The minimum absolute atomic E-state index is 0.109. The van der Waals surface area contributed by atoms with Gasteiger partial charge in [0.15, 0.2) is 0 Å². The van der Waals surface area contributed by atoms with E-state index in [9.17, 15) is 22.8 Å². The van der Waals surface area contributed by atoms with Crippen molar-refractivity contribution in [1.29, 1.82) is 0 Å². The summed E-state index contributed by atoms with van der Waals surface area (Å²) in [6, 6.07) is 8.68. The second-order valence-corrected chi connectivity index (χ2v) is 5.14. The van der Waals surface area contributed by atoms with Gasteiger partial charge in [-0.15, -0.1) is 0 Å². The molecule has 0 spiro atoms. The number of hydrogen-bond donors (Lipinski definition) is 2. The molecular weight excluding hydrogens is 321 g/mol. The number of nitrogens with one attached hydrogen (secondary N) is 2. The highest BCUT2D eigenvalue weighted by Crippen LogP contribution is 2.29. The molecule has 4 nitrogen and oxygen atoms in total. The Balaban J connectivity index is 2.16. The first-order valence-corrected chi connectivity index (χ1v) is 7.03. The number of rotatable bonds is 3. The van der Waals surface area contributed by atoms with E-state index in [2.05, 4.69) is 10.6 Å². The summed E-state index contributed by atoms with van der Waals surface area (Å²) in [7, 11) is 1.51. The van der Waals surface area contributed by atoms with E-state index in [1.54, 1.807) is 25.1 Å². The molecule has 0 aliphatic heterocycles. The van der Waals surface area contributed by atoms with Gasteiger partial charge in [-0.3, -0.25) is 9.59 Å². The van der Waals surface area contributed by atoms with Gasteiger partial charge in [-0.1, -0.05) is 0 Å². The van der Waals surface area contributed by atoms with Crippen LogP contribution in [0.5, 0.6) is 0 Å². The van der Waals surface area contributed by atoms with Crippen molar-refractivity contribution in [2.24, 2.45) is 0 Å². The molecule has 0 aliphatic rings. The molecule has 0 fully saturated rings. The second-order valence-electron chi connectivity index (χ2n) is 5.14. The molecule has 2 amide bonds. The molecule has 2 aromatic rings. The number of amides is 2. The second kappa shape index (κ2) is 6.74. The van der Waals surface area contributed by atoms with Gasteiger partial charge < -0.3 is 10.6 Å². The Morgan fingerprint density at radius 1 is 0.917 bits per heavy atom. The molecule has 0 atom stereocenters. The number of benzene rings is 2. The van der Waals surface area contributed by atoms with Crippen LogP contribution in [0.3, 0.4) is 0 Å². The smallest absolute Gasteiger partial charge is 0.355 e. The van der Waals surface area contributed by atoms with Crippen LogP contribution in [0, 0.1) is 6.92 Å². The minimum atomic E-state index is -4.44. The van der Waals surface area contributed by atoms with Crippen LogP contribution in [0.15, 0.2) is 42.5 Å². The van der Waals surface area contributed by atoms with Gasteiger partial charge in [0.05, 0.1) is 5.56 Å². The van der Waals surface area contributed by atoms with Crippen LogP contribution in [-0.2, 0) is 6.18 Å². The predicted molar refractivity (Wildman–Crippen MR) is 84.0 cm³/mol. The molecule has 0 radical (unpaired) electrons. The molecule has 7 heteroatoms. The normalized spacial score (nSPS) is 11.0. The Morgan fingerprint density at radius 2 is 1.50 bits per heavy atom. The fourth-order valence-electron chi connectivity index (χ4n) is 2.09. The minimum Gasteiger partial charge on any atom is -0.355 e. The zero-order valence-corrected chi connectivity index (χ0v) is 13.0. The lowest BCUT2D eigenvalue weighted by molar-refractivity contribution is -0.137. The van der Waals surface area contributed by atoms with E-state index in [4.69, 9.17) is 0 Å². The highest BCUT2D eigenvalue weighted by atomic mass is 19.4. The van der Waals surface area contributed by atoms with Crippen LogP contribution >= 0.6 is 0 Å². The van der Waals surface area contributed by atoms with Gasteiger partial charge in [0.25, 0.3) is 11.8 Å². The maximum absolute atomic E-state index is 12.5. The Hall–Kier alpha value is -2.83. The van der Waals surface area contributed by atoms with Crippen LogP contribution in [0.1, 0.15) is 31.8 Å². The van der Waals surface area contributed by atoms with E-state index in [-0.39, 0.29) is 11.5 Å². The van der Waals surface area contributed by atoms with Crippen LogP contribution in [0.2, 0.25) is 0 Å². The Morgan fingerprint density at radius 3 is 2.00 bits per heavy atom. The lowest BCUT2D eigenvalue weighted by Crippen LogP contribution is -2.18. The molecule has 2 aromatic carbocycles. The molecule has 0 aromatic heterocycles. The van der Waals surface area contributed by atoms with Crippen molar-refractivity contribution in [3.8, 4) is 0 Å². The summed E-state index contributed by atoms with van der Waals surface area (Å²) < 4.78 is 37.6. The van der Waals surface area contributed by atoms with Gasteiger partial charge in [0.1, 0.15) is 0 Å². The molecule has 0 heterocycles. The fourth-order valence-corrected chi connectivity index (χ4v) is 2.09. The maximum atomic E-state index is 12.5. The lowest BCUT2D eigenvalue weighted by atomic mass is 10.1. The quantitative estimate of drug-likeness (QED) is 0.899. The number of carbonyl (C=O) groups is 2. The summed E-state index contributed by atoms with van der Waals surface area (Å²) >= 11 is 0.